The van der Waals surface area contributed by atoms with E-state index in [2.05, 4.69) is 33.6 Å². The molecule has 0 bridgehead atoms. The number of carbonyl (C=O) groups is 2. The maximum atomic E-state index is 12.2. The van der Waals surface area contributed by atoms with E-state index in [0.717, 1.165) is 51.0 Å². The maximum Gasteiger partial charge on any atom is 0.260 e. The fourth-order valence-corrected chi connectivity index (χ4v) is 4.14. The molecule has 1 saturated heterocycles. The highest BCUT2D eigenvalue weighted by atomic mass is 16.5. The number of fused-ring (bicyclic) bond motifs is 1. The van der Waals surface area contributed by atoms with Gasteiger partial charge >= 0.3 is 0 Å². The summed E-state index contributed by atoms with van der Waals surface area (Å²) >= 11 is 0. The first-order valence-electron chi connectivity index (χ1n) is 11.3. The van der Waals surface area contributed by atoms with Gasteiger partial charge in [-0.1, -0.05) is 24.3 Å². The number of rotatable bonds is 7. The molecule has 2 aromatic rings. The molecule has 0 radical (unpaired) electrons. The van der Waals surface area contributed by atoms with Gasteiger partial charge in [0.15, 0.2) is 6.61 Å². The number of nitrogens with one attached hydrogen (secondary N) is 1. The lowest BCUT2D eigenvalue weighted by Gasteiger charge is -2.27. The maximum absolute atomic E-state index is 12.2. The molecule has 2 aromatic carbocycles. The Morgan fingerprint density at radius 1 is 0.969 bits per heavy atom. The first-order valence-corrected chi connectivity index (χ1v) is 11.3. The van der Waals surface area contributed by atoms with Crippen molar-refractivity contribution in [3.8, 4) is 5.75 Å². The van der Waals surface area contributed by atoms with Crippen LogP contribution in [-0.2, 0) is 22.6 Å². The van der Waals surface area contributed by atoms with Crippen molar-refractivity contribution in [3.05, 3.63) is 65.2 Å². The van der Waals surface area contributed by atoms with E-state index in [9.17, 15) is 9.59 Å². The minimum atomic E-state index is -0.128. The van der Waals surface area contributed by atoms with E-state index in [-0.39, 0.29) is 18.4 Å². The monoisotopic (exact) mass is 434 g/mol. The van der Waals surface area contributed by atoms with Crippen LogP contribution in [0.1, 0.15) is 36.0 Å². The van der Waals surface area contributed by atoms with Crippen LogP contribution >= 0.6 is 0 Å². The Bertz CT molecular complexity index is 952. The average molecular weight is 435 g/mol. The third kappa shape index (κ3) is 6.17. The Hall–Kier alpha value is -3.19. The number of hydrazone groups is 1. The van der Waals surface area contributed by atoms with Crippen LogP contribution in [0.3, 0.4) is 0 Å². The van der Waals surface area contributed by atoms with E-state index in [0.29, 0.717) is 12.3 Å². The highest BCUT2D eigenvalue weighted by Gasteiger charge is 2.18. The van der Waals surface area contributed by atoms with Gasteiger partial charge in [0, 0.05) is 26.2 Å². The number of hydrogen-bond acceptors (Lipinski definition) is 5. The molecule has 2 aliphatic heterocycles. The molecule has 32 heavy (non-hydrogen) atoms. The minimum Gasteiger partial charge on any atom is -0.484 e. The van der Waals surface area contributed by atoms with E-state index >= 15 is 0 Å². The van der Waals surface area contributed by atoms with E-state index < -0.39 is 0 Å². The summed E-state index contributed by atoms with van der Waals surface area (Å²) < 4.78 is 5.62. The minimum absolute atomic E-state index is 0.0373. The summed E-state index contributed by atoms with van der Waals surface area (Å²) in [5.74, 6) is 0.550. The lowest BCUT2D eigenvalue weighted by Crippen LogP contribution is -2.38. The first-order chi connectivity index (χ1) is 15.7. The van der Waals surface area contributed by atoms with Crippen LogP contribution in [0, 0.1) is 0 Å². The third-order valence-corrected chi connectivity index (χ3v) is 5.93. The van der Waals surface area contributed by atoms with Crippen molar-refractivity contribution in [2.75, 3.05) is 32.8 Å². The molecular weight excluding hydrogens is 404 g/mol. The van der Waals surface area contributed by atoms with Crippen LogP contribution in [0.4, 0.5) is 0 Å². The van der Waals surface area contributed by atoms with E-state index in [1.807, 2.05) is 23.1 Å². The zero-order chi connectivity index (χ0) is 22.2. The molecular formula is C25H30N4O3. The standard InChI is InChI=1S/C25H30N4O3/c30-24(18-28-15-12-21-6-2-3-7-22(21)17-28)27-26-16-20-8-10-23(11-9-20)32-19-25(31)29-13-4-1-5-14-29/h2-3,6-11,16H,1,4-5,12-15,17-19H2,(H,27,30)/b26-16+. The van der Waals surface area contributed by atoms with Crippen molar-refractivity contribution in [2.45, 2.75) is 32.2 Å². The van der Waals surface area contributed by atoms with E-state index in [1.54, 1.807) is 18.3 Å². The van der Waals surface area contributed by atoms with Gasteiger partial charge in [-0.15, -0.1) is 0 Å². The summed E-state index contributed by atoms with van der Waals surface area (Å²) in [7, 11) is 0. The van der Waals surface area contributed by atoms with Crippen LogP contribution < -0.4 is 10.2 Å². The smallest absolute Gasteiger partial charge is 0.260 e. The number of hydrogen-bond donors (Lipinski definition) is 1. The number of carbonyl (C=O) groups excluding carboxylic acids is 2. The molecule has 2 heterocycles. The lowest BCUT2D eigenvalue weighted by atomic mass is 10.00. The second-order valence-electron chi connectivity index (χ2n) is 8.32. The molecule has 1 N–H and O–H groups in total. The molecule has 0 spiro atoms. The van der Waals surface area contributed by atoms with Crippen LogP contribution in [0.25, 0.3) is 0 Å². The number of nitrogens with zero attached hydrogens (tertiary/aromatic N) is 3. The molecule has 0 atom stereocenters. The van der Waals surface area contributed by atoms with Gasteiger partial charge in [0.1, 0.15) is 5.75 Å². The highest BCUT2D eigenvalue weighted by molar-refractivity contribution is 5.83. The summed E-state index contributed by atoms with van der Waals surface area (Å²) in [5, 5.41) is 4.06. The van der Waals surface area contributed by atoms with Gasteiger partial charge in [0.05, 0.1) is 12.8 Å². The molecule has 7 heteroatoms. The van der Waals surface area contributed by atoms with Gasteiger partial charge < -0.3 is 9.64 Å². The summed E-state index contributed by atoms with van der Waals surface area (Å²) in [5.41, 5.74) is 6.09. The van der Waals surface area contributed by atoms with E-state index in [4.69, 9.17) is 4.74 Å². The van der Waals surface area contributed by atoms with Crippen LogP contribution in [0.2, 0.25) is 0 Å². The molecule has 0 aromatic heterocycles. The Balaban J connectivity index is 1.18. The van der Waals surface area contributed by atoms with Gasteiger partial charge in [0.25, 0.3) is 11.8 Å². The zero-order valence-electron chi connectivity index (χ0n) is 18.3. The van der Waals surface area contributed by atoms with Crippen molar-refractivity contribution in [2.24, 2.45) is 5.10 Å². The summed E-state index contributed by atoms with van der Waals surface area (Å²) in [6, 6.07) is 15.7. The number of amides is 2. The van der Waals surface area contributed by atoms with Crippen molar-refractivity contribution in [1.29, 1.82) is 0 Å². The molecule has 4 rings (SSSR count). The SMILES string of the molecule is O=C(CN1CCc2ccccc2C1)N/N=C/c1ccc(OCC(=O)N2CCCCC2)cc1. The Morgan fingerprint density at radius 2 is 1.72 bits per heavy atom. The van der Waals surface area contributed by atoms with Crippen molar-refractivity contribution in [3.63, 3.8) is 0 Å². The highest BCUT2D eigenvalue weighted by Crippen LogP contribution is 2.18. The molecule has 0 unspecified atom stereocenters. The zero-order valence-corrected chi connectivity index (χ0v) is 18.3. The molecule has 1 fully saturated rings. The topological polar surface area (TPSA) is 74.2 Å². The number of benzene rings is 2. The van der Waals surface area contributed by atoms with Gasteiger partial charge in [-0.2, -0.15) is 5.10 Å². The van der Waals surface area contributed by atoms with Gasteiger partial charge in [0.2, 0.25) is 0 Å². The van der Waals surface area contributed by atoms with Crippen LogP contribution in [-0.4, -0.2) is 60.6 Å². The fraction of sp³-hybridized carbons (Fsp3) is 0.400. The summed E-state index contributed by atoms with van der Waals surface area (Å²) in [6.45, 7) is 3.70. The van der Waals surface area contributed by atoms with Crippen molar-refractivity contribution < 1.29 is 14.3 Å². The van der Waals surface area contributed by atoms with E-state index in [1.165, 1.54) is 17.5 Å². The molecule has 2 aliphatic rings. The van der Waals surface area contributed by atoms with Crippen molar-refractivity contribution in [1.82, 2.24) is 15.2 Å². The molecule has 0 saturated carbocycles. The van der Waals surface area contributed by atoms with Gasteiger partial charge in [-0.3, -0.25) is 14.5 Å². The second-order valence-corrected chi connectivity index (χ2v) is 8.32. The third-order valence-electron chi connectivity index (χ3n) is 5.93. The summed E-state index contributed by atoms with van der Waals surface area (Å²) in [4.78, 5) is 28.4. The predicted molar refractivity (Wildman–Crippen MR) is 124 cm³/mol. The largest absolute Gasteiger partial charge is 0.484 e. The fourth-order valence-electron chi connectivity index (χ4n) is 4.14. The van der Waals surface area contributed by atoms with Crippen molar-refractivity contribution >= 4 is 18.0 Å². The Kier molecular flexibility index (Phi) is 7.51. The Morgan fingerprint density at radius 3 is 2.50 bits per heavy atom. The van der Waals surface area contributed by atoms with Gasteiger partial charge in [-0.05, 0) is 66.6 Å². The molecule has 7 nitrogen and oxygen atoms in total. The molecule has 168 valence electrons. The number of ether oxygens (including phenoxy) is 1. The van der Waals surface area contributed by atoms with Crippen LogP contribution in [0.15, 0.2) is 53.6 Å². The lowest BCUT2D eigenvalue weighted by molar-refractivity contribution is -0.134. The predicted octanol–water partition coefficient (Wildman–Crippen LogP) is 2.59. The number of likely N-dealkylation sites (tertiary alicyclic amines) is 1. The quantitative estimate of drug-likeness (QED) is 0.537. The molecule has 2 amide bonds. The summed E-state index contributed by atoms with van der Waals surface area (Å²) in [6.07, 6.45) is 5.91. The second kappa shape index (κ2) is 10.9. The van der Waals surface area contributed by atoms with Crippen LogP contribution in [0.5, 0.6) is 5.75 Å². The number of piperidine rings is 1. The van der Waals surface area contributed by atoms with Gasteiger partial charge in [-0.25, -0.2) is 5.43 Å². The Labute approximate surface area is 189 Å². The normalized spacial score (nSPS) is 16.6. The molecule has 0 aliphatic carbocycles. The first kappa shape index (κ1) is 22.0. The average Bonchev–Trinajstić information content (AvgIpc) is 2.84.